The second-order valence-corrected chi connectivity index (χ2v) is 15.2. The smallest absolute Gasteiger partial charge is 0.336 e. The highest BCUT2D eigenvalue weighted by Gasteiger charge is 2.65. The number of benzene rings is 2. The van der Waals surface area contributed by atoms with Crippen LogP contribution in [0.4, 0.5) is 0 Å². The SMILES string of the molecule is C=CC(C)(C)c1c2c(c(O)c3ccc(=O)oc13)C1OC3c4c(c(C(C)(C)C=C)c5oc(=O)ccc5c4O)OC(C)(C)C3C1C(C)(C)O2. The molecule has 4 aromatic rings. The Morgan fingerprint density at radius 2 is 1.04 bits per heavy atom. The van der Waals surface area contributed by atoms with Crippen LogP contribution >= 0.6 is 0 Å². The van der Waals surface area contributed by atoms with E-state index in [0.717, 1.165) is 0 Å². The average Bonchev–Trinajstić information content (AvgIpc) is 3.39. The Hall–Kier alpha value is -4.50. The fraction of sp³-hybridized carbons (Fsp3) is 0.421. The van der Waals surface area contributed by atoms with Crippen molar-refractivity contribution in [3.8, 4) is 23.0 Å². The highest BCUT2D eigenvalue weighted by Crippen LogP contribution is 2.69. The number of ether oxygens (including phenoxy) is 3. The first kappa shape index (κ1) is 31.1. The van der Waals surface area contributed by atoms with E-state index in [1.807, 2.05) is 55.4 Å². The second kappa shape index (κ2) is 9.53. The van der Waals surface area contributed by atoms with Gasteiger partial charge in [-0.05, 0) is 39.8 Å². The molecule has 47 heavy (non-hydrogen) atoms. The first-order valence-corrected chi connectivity index (χ1v) is 15.8. The molecular formula is C38H40O9. The summed E-state index contributed by atoms with van der Waals surface area (Å²) in [6, 6.07) is 5.65. The van der Waals surface area contributed by atoms with Crippen LogP contribution in [0, 0.1) is 11.8 Å². The molecule has 3 aliphatic heterocycles. The van der Waals surface area contributed by atoms with E-state index < -0.39 is 45.5 Å². The van der Waals surface area contributed by atoms with Gasteiger partial charge in [-0.2, -0.15) is 0 Å². The lowest BCUT2D eigenvalue weighted by Gasteiger charge is -2.50. The number of allylic oxidation sites excluding steroid dienone is 2. The van der Waals surface area contributed by atoms with E-state index in [-0.39, 0.29) is 34.5 Å². The van der Waals surface area contributed by atoms with Crippen LogP contribution in [-0.2, 0) is 15.6 Å². The van der Waals surface area contributed by atoms with E-state index >= 15 is 0 Å². The molecule has 7 rings (SSSR count). The van der Waals surface area contributed by atoms with Crippen LogP contribution in [0.3, 0.4) is 0 Å². The van der Waals surface area contributed by atoms with Crippen molar-refractivity contribution < 1.29 is 33.3 Å². The molecule has 0 amide bonds. The zero-order valence-corrected chi connectivity index (χ0v) is 27.9. The van der Waals surface area contributed by atoms with Gasteiger partial charge in [0, 0.05) is 45.9 Å². The van der Waals surface area contributed by atoms with Gasteiger partial charge in [0.05, 0.1) is 34.1 Å². The van der Waals surface area contributed by atoms with Crippen LogP contribution in [0.2, 0.25) is 0 Å². The Kier molecular flexibility index (Phi) is 6.31. The minimum absolute atomic E-state index is 0.108. The fourth-order valence-corrected chi connectivity index (χ4v) is 8.13. The number of aromatic hydroxyl groups is 2. The zero-order valence-electron chi connectivity index (χ0n) is 27.9. The molecule has 246 valence electrons. The quantitative estimate of drug-likeness (QED) is 0.171. The molecule has 9 nitrogen and oxygen atoms in total. The van der Waals surface area contributed by atoms with Crippen LogP contribution in [0.5, 0.6) is 23.0 Å². The summed E-state index contributed by atoms with van der Waals surface area (Å²) in [5.74, 6) is -0.220. The molecule has 4 atom stereocenters. The molecule has 4 unspecified atom stereocenters. The third kappa shape index (κ3) is 4.11. The summed E-state index contributed by atoms with van der Waals surface area (Å²) >= 11 is 0. The van der Waals surface area contributed by atoms with Crippen molar-refractivity contribution in [3.63, 3.8) is 0 Å². The molecule has 1 saturated heterocycles. The van der Waals surface area contributed by atoms with Crippen molar-refractivity contribution in [2.75, 3.05) is 0 Å². The molecule has 0 radical (unpaired) electrons. The third-order valence-corrected chi connectivity index (χ3v) is 10.6. The van der Waals surface area contributed by atoms with E-state index in [9.17, 15) is 19.8 Å². The lowest BCUT2D eigenvalue weighted by molar-refractivity contribution is -0.0704. The number of phenols is 2. The minimum Gasteiger partial charge on any atom is -0.507 e. The lowest BCUT2D eigenvalue weighted by atomic mass is 9.64. The van der Waals surface area contributed by atoms with Crippen molar-refractivity contribution in [3.05, 3.63) is 92.7 Å². The lowest BCUT2D eigenvalue weighted by Crippen LogP contribution is -2.54. The molecule has 1 fully saturated rings. The van der Waals surface area contributed by atoms with Gasteiger partial charge in [-0.3, -0.25) is 0 Å². The number of hydrogen-bond acceptors (Lipinski definition) is 9. The van der Waals surface area contributed by atoms with Crippen molar-refractivity contribution in [2.45, 2.75) is 89.6 Å². The van der Waals surface area contributed by atoms with Crippen LogP contribution in [0.25, 0.3) is 21.9 Å². The summed E-state index contributed by atoms with van der Waals surface area (Å²) in [4.78, 5) is 24.9. The predicted octanol–water partition coefficient (Wildman–Crippen LogP) is 7.62. The normalized spacial score (nSPS) is 24.0. The summed E-state index contributed by atoms with van der Waals surface area (Å²) in [5, 5.41) is 24.6. The monoisotopic (exact) mass is 640 g/mol. The van der Waals surface area contributed by atoms with Crippen molar-refractivity contribution in [1.82, 2.24) is 0 Å². The van der Waals surface area contributed by atoms with Gasteiger partial charge in [0.2, 0.25) is 0 Å². The molecule has 0 saturated carbocycles. The van der Waals surface area contributed by atoms with Gasteiger partial charge < -0.3 is 33.3 Å². The van der Waals surface area contributed by atoms with E-state index in [1.54, 1.807) is 24.3 Å². The van der Waals surface area contributed by atoms with E-state index in [0.29, 0.717) is 44.5 Å². The fourth-order valence-electron chi connectivity index (χ4n) is 8.13. The Bertz CT molecular complexity index is 2010. The number of fused-ring (bicyclic) bond motifs is 9. The van der Waals surface area contributed by atoms with Crippen molar-refractivity contribution in [1.29, 1.82) is 0 Å². The molecule has 0 bridgehead atoms. The van der Waals surface area contributed by atoms with Gasteiger partial charge in [-0.15, -0.1) is 13.2 Å². The standard InChI is InChI=1S/C38H40O9/c1-11-35(3,4)25-29-17(13-15-19(39)43-29)27(41)21-31-23(37(7,8)46-33(21)25)24-32(45-31)22-28(42)18-14-16-20(40)44-30(18)26(36(5,6)12-2)34(22)47-38(24,9)10/h11-16,23-24,31-32,41-42H,1-2H2,3-10H3. The molecule has 5 heterocycles. The number of rotatable bonds is 4. The average molecular weight is 641 g/mol. The van der Waals surface area contributed by atoms with Gasteiger partial charge >= 0.3 is 11.3 Å². The summed E-state index contributed by atoms with van der Waals surface area (Å²) < 4.78 is 32.3. The molecule has 2 N–H and O–H groups in total. The molecule has 3 aliphatic rings. The Balaban J connectivity index is 1.56. The number of phenolic OH excluding ortho intramolecular Hbond substituents is 2. The van der Waals surface area contributed by atoms with Crippen LogP contribution in [0.15, 0.2) is 68.0 Å². The Labute approximate surface area is 272 Å². The third-order valence-electron chi connectivity index (χ3n) is 10.6. The Morgan fingerprint density at radius 3 is 1.38 bits per heavy atom. The maximum absolute atomic E-state index is 12.5. The van der Waals surface area contributed by atoms with Gasteiger partial charge in [-0.25, -0.2) is 9.59 Å². The molecule has 9 heteroatoms. The molecule has 2 aromatic heterocycles. The van der Waals surface area contributed by atoms with Crippen molar-refractivity contribution >= 4 is 21.9 Å². The summed E-state index contributed by atoms with van der Waals surface area (Å²) in [5.41, 5.74) is -1.89. The van der Waals surface area contributed by atoms with Gasteiger partial charge in [0.15, 0.2) is 0 Å². The van der Waals surface area contributed by atoms with Gasteiger partial charge in [-0.1, -0.05) is 39.8 Å². The molecular weight excluding hydrogens is 600 g/mol. The Morgan fingerprint density at radius 1 is 0.681 bits per heavy atom. The van der Waals surface area contributed by atoms with Crippen LogP contribution in [0.1, 0.15) is 89.9 Å². The second-order valence-electron chi connectivity index (χ2n) is 15.2. The van der Waals surface area contributed by atoms with E-state index in [1.165, 1.54) is 12.1 Å². The summed E-state index contributed by atoms with van der Waals surface area (Å²) in [6.45, 7) is 23.7. The largest absolute Gasteiger partial charge is 0.507 e. The molecule has 2 aromatic carbocycles. The van der Waals surface area contributed by atoms with Gasteiger partial charge in [0.25, 0.3) is 0 Å². The van der Waals surface area contributed by atoms with E-state index in [4.69, 9.17) is 23.0 Å². The minimum atomic E-state index is -0.890. The van der Waals surface area contributed by atoms with Crippen molar-refractivity contribution in [2.24, 2.45) is 11.8 Å². The maximum atomic E-state index is 12.5. The topological polar surface area (TPSA) is 129 Å². The van der Waals surface area contributed by atoms with Crippen LogP contribution < -0.4 is 20.7 Å². The zero-order chi connectivity index (χ0) is 34.2. The summed E-state index contributed by atoms with van der Waals surface area (Å²) in [7, 11) is 0. The van der Waals surface area contributed by atoms with Crippen LogP contribution in [-0.4, -0.2) is 21.4 Å². The first-order valence-electron chi connectivity index (χ1n) is 15.8. The summed E-state index contributed by atoms with van der Waals surface area (Å²) in [6.07, 6.45) is 2.07. The predicted molar refractivity (Wildman–Crippen MR) is 178 cm³/mol. The molecule has 0 aliphatic carbocycles. The van der Waals surface area contributed by atoms with E-state index in [2.05, 4.69) is 13.2 Å². The highest BCUT2D eigenvalue weighted by molar-refractivity contribution is 5.93. The highest BCUT2D eigenvalue weighted by atomic mass is 16.6. The van der Waals surface area contributed by atoms with Gasteiger partial charge in [0.1, 0.15) is 45.4 Å². The maximum Gasteiger partial charge on any atom is 0.336 e. The number of hydrogen-bond donors (Lipinski definition) is 2. The first-order chi connectivity index (χ1) is 21.9. The molecule has 0 spiro atoms.